The van der Waals surface area contributed by atoms with Crippen LogP contribution >= 0.6 is 12.6 Å². The van der Waals surface area contributed by atoms with Crippen LogP contribution in [0.5, 0.6) is 0 Å². The lowest BCUT2D eigenvalue weighted by atomic mass is 10.2. The minimum absolute atomic E-state index is 0.875. The van der Waals surface area contributed by atoms with E-state index in [0.29, 0.717) is 0 Å². The Hall–Kier alpha value is -0.890. The maximum Gasteiger partial charge on any atom is 0.0381 e. The number of allylic oxidation sites excluding steroid dienone is 2. The summed E-state index contributed by atoms with van der Waals surface area (Å²) in [5, 5.41) is 3.34. The molecular weight excluding hydrogens is 178 g/mol. The standard InChI is InChI=1S/C11H15NS/c1-2-10(8-9-13)12-11-6-4-3-5-7-11/h2-7,12-13H,8-9H2,1H3/b10-2+. The fourth-order valence-corrected chi connectivity index (χ4v) is 1.35. The largest absolute Gasteiger partial charge is 0.359 e. The summed E-state index contributed by atoms with van der Waals surface area (Å²) in [6.07, 6.45) is 3.07. The normalized spacial score (nSPS) is 11.4. The first-order chi connectivity index (χ1) is 6.36. The molecule has 0 aliphatic carbocycles. The van der Waals surface area contributed by atoms with Crippen LogP contribution in [-0.2, 0) is 0 Å². The van der Waals surface area contributed by atoms with Crippen molar-refractivity contribution in [1.29, 1.82) is 0 Å². The zero-order valence-electron chi connectivity index (χ0n) is 7.83. The van der Waals surface area contributed by atoms with E-state index in [1.54, 1.807) is 0 Å². The molecule has 2 heteroatoms. The van der Waals surface area contributed by atoms with Crippen molar-refractivity contribution in [2.75, 3.05) is 11.1 Å². The van der Waals surface area contributed by atoms with Crippen LogP contribution in [-0.4, -0.2) is 5.75 Å². The Morgan fingerprint density at radius 1 is 1.38 bits per heavy atom. The summed E-state index contributed by atoms with van der Waals surface area (Å²) in [7, 11) is 0. The second-order valence-corrected chi connectivity index (χ2v) is 3.23. The highest BCUT2D eigenvalue weighted by Crippen LogP contribution is 2.11. The van der Waals surface area contributed by atoms with E-state index >= 15 is 0 Å². The Morgan fingerprint density at radius 2 is 2.08 bits per heavy atom. The predicted octanol–water partition coefficient (Wildman–Crippen LogP) is 3.32. The summed E-state index contributed by atoms with van der Waals surface area (Å²) in [6, 6.07) is 10.2. The van der Waals surface area contributed by atoms with Gasteiger partial charge in [-0.15, -0.1) is 0 Å². The Balaban J connectivity index is 2.58. The third kappa shape index (κ3) is 3.55. The zero-order chi connectivity index (χ0) is 9.52. The number of rotatable bonds is 4. The van der Waals surface area contributed by atoms with Gasteiger partial charge in [0.1, 0.15) is 0 Å². The lowest BCUT2D eigenvalue weighted by Gasteiger charge is -2.08. The quantitative estimate of drug-likeness (QED) is 0.699. The van der Waals surface area contributed by atoms with E-state index in [0.717, 1.165) is 17.9 Å². The molecule has 0 saturated carbocycles. The summed E-state index contributed by atoms with van der Waals surface area (Å²) in [5.74, 6) is 0.875. The molecule has 0 saturated heterocycles. The van der Waals surface area contributed by atoms with Gasteiger partial charge >= 0.3 is 0 Å². The third-order valence-corrected chi connectivity index (χ3v) is 2.03. The molecule has 0 aliphatic heterocycles. The highest BCUT2D eigenvalue weighted by Gasteiger charge is 1.94. The molecule has 13 heavy (non-hydrogen) atoms. The van der Waals surface area contributed by atoms with Crippen molar-refractivity contribution in [3.8, 4) is 0 Å². The molecule has 70 valence electrons. The molecular formula is C11H15NS. The van der Waals surface area contributed by atoms with Gasteiger partial charge < -0.3 is 5.32 Å². The fourth-order valence-electron chi connectivity index (χ4n) is 1.11. The van der Waals surface area contributed by atoms with E-state index in [1.165, 1.54) is 5.70 Å². The smallest absolute Gasteiger partial charge is 0.0381 e. The summed E-state index contributed by atoms with van der Waals surface area (Å²) < 4.78 is 0. The van der Waals surface area contributed by atoms with Gasteiger partial charge in [0, 0.05) is 11.4 Å². The van der Waals surface area contributed by atoms with Crippen LogP contribution in [0, 0.1) is 0 Å². The van der Waals surface area contributed by atoms with Gasteiger partial charge in [-0.2, -0.15) is 12.6 Å². The van der Waals surface area contributed by atoms with Crippen molar-refractivity contribution in [3.63, 3.8) is 0 Å². The SMILES string of the molecule is C/C=C(\CCS)Nc1ccccc1. The number of benzene rings is 1. The number of anilines is 1. The lowest BCUT2D eigenvalue weighted by molar-refractivity contribution is 1.12. The number of hydrogen-bond acceptors (Lipinski definition) is 2. The Morgan fingerprint density at radius 3 is 2.62 bits per heavy atom. The van der Waals surface area contributed by atoms with Crippen LogP contribution in [0.1, 0.15) is 13.3 Å². The van der Waals surface area contributed by atoms with Gasteiger partial charge in [0.05, 0.1) is 0 Å². The van der Waals surface area contributed by atoms with Crippen LogP contribution in [0.3, 0.4) is 0 Å². The van der Waals surface area contributed by atoms with Crippen molar-refractivity contribution in [1.82, 2.24) is 0 Å². The molecule has 0 aromatic heterocycles. The van der Waals surface area contributed by atoms with Gasteiger partial charge in [-0.25, -0.2) is 0 Å². The van der Waals surface area contributed by atoms with E-state index in [-0.39, 0.29) is 0 Å². The van der Waals surface area contributed by atoms with Crippen LogP contribution in [0.2, 0.25) is 0 Å². The monoisotopic (exact) mass is 193 g/mol. The Kier molecular flexibility index (Phi) is 4.47. The van der Waals surface area contributed by atoms with Gasteiger partial charge in [-0.1, -0.05) is 24.3 Å². The minimum Gasteiger partial charge on any atom is -0.359 e. The van der Waals surface area contributed by atoms with Crippen molar-refractivity contribution in [3.05, 3.63) is 42.1 Å². The first-order valence-corrected chi connectivity index (χ1v) is 5.08. The second-order valence-electron chi connectivity index (χ2n) is 2.78. The molecule has 0 atom stereocenters. The maximum absolute atomic E-state index is 4.20. The number of para-hydroxylation sites is 1. The summed E-state index contributed by atoms with van der Waals surface area (Å²) in [5.41, 5.74) is 2.36. The van der Waals surface area contributed by atoms with E-state index in [2.05, 4.69) is 36.2 Å². The van der Waals surface area contributed by atoms with Crippen LogP contribution in [0.4, 0.5) is 5.69 Å². The van der Waals surface area contributed by atoms with E-state index in [9.17, 15) is 0 Å². The molecule has 0 heterocycles. The first kappa shape index (κ1) is 10.2. The van der Waals surface area contributed by atoms with Crippen LogP contribution in [0.25, 0.3) is 0 Å². The van der Waals surface area contributed by atoms with Gasteiger partial charge in [0.2, 0.25) is 0 Å². The number of nitrogens with one attached hydrogen (secondary N) is 1. The maximum atomic E-state index is 4.20. The Bertz CT molecular complexity index is 267. The molecule has 0 spiro atoms. The summed E-state index contributed by atoms with van der Waals surface area (Å²) in [4.78, 5) is 0. The molecule has 1 aromatic carbocycles. The van der Waals surface area contributed by atoms with E-state index in [1.807, 2.05) is 25.1 Å². The van der Waals surface area contributed by atoms with Gasteiger partial charge in [0.25, 0.3) is 0 Å². The number of thiol groups is 1. The zero-order valence-corrected chi connectivity index (χ0v) is 8.72. The third-order valence-electron chi connectivity index (χ3n) is 1.81. The Labute approximate surface area is 85.3 Å². The van der Waals surface area contributed by atoms with Gasteiger partial charge in [-0.3, -0.25) is 0 Å². The highest BCUT2D eigenvalue weighted by molar-refractivity contribution is 7.80. The van der Waals surface area contributed by atoms with E-state index < -0.39 is 0 Å². The van der Waals surface area contributed by atoms with Gasteiger partial charge in [-0.05, 0) is 31.2 Å². The minimum atomic E-state index is 0.875. The molecule has 1 nitrogen and oxygen atoms in total. The molecule has 1 rings (SSSR count). The predicted molar refractivity (Wildman–Crippen MR) is 62.3 cm³/mol. The molecule has 0 radical (unpaired) electrons. The molecule has 1 aromatic rings. The lowest BCUT2D eigenvalue weighted by Crippen LogP contribution is -1.99. The molecule has 0 amide bonds. The molecule has 1 N–H and O–H groups in total. The van der Waals surface area contributed by atoms with Crippen LogP contribution < -0.4 is 5.32 Å². The van der Waals surface area contributed by atoms with Gasteiger partial charge in [0.15, 0.2) is 0 Å². The topological polar surface area (TPSA) is 12.0 Å². The summed E-state index contributed by atoms with van der Waals surface area (Å²) in [6.45, 7) is 2.04. The van der Waals surface area contributed by atoms with Crippen molar-refractivity contribution >= 4 is 18.3 Å². The van der Waals surface area contributed by atoms with E-state index in [4.69, 9.17) is 0 Å². The highest BCUT2D eigenvalue weighted by atomic mass is 32.1. The average molecular weight is 193 g/mol. The van der Waals surface area contributed by atoms with Crippen molar-refractivity contribution < 1.29 is 0 Å². The molecule has 0 aliphatic rings. The first-order valence-electron chi connectivity index (χ1n) is 4.45. The molecule has 0 fully saturated rings. The summed E-state index contributed by atoms with van der Waals surface area (Å²) >= 11 is 4.20. The molecule has 0 bridgehead atoms. The van der Waals surface area contributed by atoms with Crippen LogP contribution in [0.15, 0.2) is 42.1 Å². The second kappa shape index (κ2) is 5.70. The number of hydrogen-bond donors (Lipinski definition) is 2. The van der Waals surface area contributed by atoms with Crippen molar-refractivity contribution in [2.24, 2.45) is 0 Å². The van der Waals surface area contributed by atoms with Crippen molar-refractivity contribution in [2.45, 2.75) is 13.3 Å². The fraction of sp³-hybridized carbons (Fsp3) is 0.273. The molecule has 0 unspecified atom stereocenters. The average Bonchev–Trinajstić information content (AvgIpc) is 2.19.